The lowest BCUT2D eigenvalue weighted by Gasteiger charge is -2.40. The van der Waals surface area contributed by atoms with Crippen LogP contribution in [0.3, 0.4) is 0 Å². The maximum Gasteiger partial charge on any atom is 0.479 e. The monoisotopic (exact) mass is 474 g/mol. The van der Waals surface area contributed by atoms with E-state index in [-0.39, 0.29) is 17.0 Å². The molecule has 1 heterocycles. The van der Waals surface area contributed by atoms with E-state index in [1.165, 1.54) is 16.0 Å². The summed E-state index contributed by atoms with van der Waals surface area (Å²) in [7, 11) is 4.38. The topological polar surface area (TPSA) is 107 Å². The van der Waals surface area contributed by atoms with Crippen molar-refractivity contribution in [2.75, 3.05) is 47.2 Å². The number of rotatable bonds is 5. The summed E-state index contributed by atoms with van der Waals surface area (Å²) in [6.07, 6.45) is 0.619. The molecule has 2 amide bonds. The molecule has 0 N–H and O–H groups in total. The van der Waals surface area contributed by atoms with E-state index in [1.807, 2.05) is 13.8 Å². The lowest BCUT2D eigenvalue weighted by atomic mass is 9.97. The average Bonchev–Trinajstić information content (AvgIpc) is 2.64. The van der Waals surface area contributed by atoms with Crippen molar-refractivity contribution < 1.29 is 28.0 Å². The first-order valence-electron chi connectivity index (χ1n) is 8.26. The highest BCUT2D eigenvalue weighted by molar-refractivity contribution is 8.15. The van der Waals surface area contributed by atoms with E-state index in [4.69, 9.17) is 25.7 Å². The van der Waals surface area contributed by atoms with Crippen molar-refractivity contribution in [2.24, 2.45) is 10.6 Å². The summed E-state index contributed by atoms with van der Waals surface area (Å²) >= 11 is 4.50. The molecule has 1 atom stereocenters. The Morgan fingerprint density at radius 3 is 2.29 bits per heavy atom. The van der Waals surface area contributed by atoms with E-state index in [1.54, 1.807) is 27.3 Å². The van der Waals surface area contributed by atoms with Crippen molar-refractivity contribution in [1.82, 2.24) is 13.3 Å². The van der Waals surface area contributed by atoms with Crippen LogP contribution in [0.2, 0.25) is 0 Å². The fraction of sp³-hybridized carbons (Fsp3) is 0.786. The normalized spacial score (nSPS) is 19.8. The molecule has 0 aliphatic carbocycles. The second-order valence-electron chi connectivity index (χ2n) is 6.73. The molecule has 0 aromatic heterocycles. The second-order valence-corrected chi connectivity index (χ2v) is 12.6. The van der Waals surface area contributed by atoms with Crippen LogP contribution in [0.15, 0.2) is 5.16 Å². The van der Waals surface area contributed by atoms with E-state index in [2.05, 4.69) is 5.16 Å². The molecule has 1 saturated heterocycles. The lowest BCUT2D eigenvalue weighted by Crippen LogP contribution is -2.45. The van der Waals surface area contributed by atoms with Crippen molar-refractivity contribution in [1.29, 1.82) is 0 Å². The van der Waals surface area contributed by atoms with Gasteiger partial charge in [0.1, 0.15) is 0 Å². The van der Waals surface area contributed by atoms with Crippen molar-refractivity contribution in [3.8, 4) is 0 Å². The Hall–Kier alpha value is -0.400. The van der Waals surface area contributed by atoms with Gasteiger partial charge in [0.25, 0.3) is 5.91 Å². The van der Waals surface area contributed by atoms with Gasteiger partial charge in [0, 0.05) is 19.5 Å². The van der Waals surface area contributed by atoms with Gasteiger partial charge in [0.2, 0.25) is 5.04 Å². The van der Waals surface area contributed by atoms with E-state index in [0.717, 1.165) is 16.1 Å². The number of thioether (sulfide) groups is 1. The Morgan fingerprint density at radius 1 is 1.32 bits per heavy atom. The van der Waals surface area contributed by atoms with E-state index < -0.39 is 30.2 Å². The molecule has 1 aliphatic rings. The maximum atomic E-state index is 12.9. The van der Waals surface area contributed by atoms with Crippen LogP contribution in [0.25, 0.3) is 0 Å². The molecule has 1 unspecified atom stereocenters. The summed E-state index contributed by atoms with van der Waals surface area (Å²) in [6.45, 7) is 3.63. The maximum absolute atomic E-state index is 12.9. The fourth-order valence-corrected chi connectivity index (χ4v) is 7.10. The zero-order chi connectivity index (χ0) is 21.7. The lowest BCUT2D eigenvalue weighted by molar-refractivity contribution is -0.121. The number of carbonyl (C=O) groups excluding carboxylic acids is 2. The van der Waals surface area contributed by atoms with Crippen LogP contribution in [0.5, 0.6) is 0 Å². The summed E-state index contributed by atoms with van der Waals surface area (Å²) in [4.78, 5) is 30.2. The Bertz CT molecular complexity index is 649. The number of amides is 2. The van der Waals surface area contributed by atoms with Gasteiger partial charge in [-0.15, -0.1) is 16.1 Å². The Labute approximate surface area is 178 Å². The van der Waals surface area contributed by atoms with Crippen molar-refractivity contribution >= 4 is 58.8 Å². The first-order valence-corrected chi connectivity index (χ1v) is 13.1. The largest absolute Gasteiger partial charge is 0.573 e. The summed E-state index contributed by atoms with van der Waals surface area (Å²) in [5.41, 5.74) is -0.198. The number of nitrogens with zero attached hydrogens (tertiary/aromatic N) is 4. The van der Waals surface area contributed by atoms with Gasteiger partial charge >= 0.3 is 12.7 Å². The summed E-state index contributed by atoms with van der Waals surface area (Å²) in [6, 6.07) is 0. The second kappa shape index (κ2) is 10.6. The first kappa shape index (κ1) is 25.6. The van der Waals surface area contributed by atoms with Gasteiger partial charge in [-0.3, -0.25) is 9.63 Å². The molecule has 28 heavy (non-hydrogen) atoms. The number of hydrogen-bond donors (Lipinski definition) is 0. The van der Waals surface area contributed by atoms with Gasteiger partial charge in [0.05, 0.1) is 26.8 Å². The van der Waals surface area contributed by atoms with Crippen molar-refractivity contribution in [3.63, 3.8) is 0 Å². The zero-order valence-corrected chi connectivity index (χ0v) is 20.4. The van der Waals surface area contributed by atoms with Gasteiger partial charge in [-0.25, -0.2) is 4.79 Å². The predicted octanol–water partition coefficient (Wildman–Crippen LogP) is 2.02. The van der Waals surface area contributed by atoms with E-state index >= 15 is 0 Å². The average molecular weight is 475 g/mol. The molecule has 0 radical (unpaired) electrons. The molecule has 0 aromatic carbocycles. The predicted molar refractivity (Wildman–Crippen MR) is 114 cm³/mol. The summed E-state index contributed by atoms with van der Waals surface area (Å²) in [5, 5.41) is 3.55. The van der Waals surface area contributed by atoms with E-state index in [9.17, 15) is 14.1 Å². The van der Waals surface area contributed by atoms with Crippen LogP contribution in [0.4, 0.5) is 4.79 Å². The van der Waals surface area contributed by atoms with Crippen LogP contribution in [-0.2, 0) is 42.0 Å². The standard InChI is InChI=1S/C14H27N4O6PS3/c1-8-18(25(26)22-9-14(2,3)10-23-25)28(21)17(6)13(20)24-15-11(27-7)12(19)16(4)5/h8-10H2,1-7H3. The molecule has 1 aliphatic heterocycles. The first-order chi connectivity index (χ1) is 12.9. The number of oxime groups is 1. The van der Waals surface area contributed by atoms with Gasteiger partial charge < -0.3 is 18.5 Å². The van der Waals surface area contributed by atoms with Crippen LogP contribution in [-0.4, -0.2) is 82.0 Å². The van der Waals surface area contributed by atoms with Crippen LogP contribution in [0.1, 0.15) is 20.8 Å². The zero-order valence-electron chi connectivity index (χ0n) is 17.0. The molecule has 1 rings (SSSR count). The van der Waals surface area contributed by atoms with Gasteiger partial charge in [-0.1, -0.05) is 19.0 Å². The molecule has 0 saturated carbocycles. The van der Waals surface area contributed by atoms with Crippen LogP contribution < -0.4 is 0 Å². The van der Waals surface area contributed by atoms with Gasteiger partial charge in [-0.05, 0) is 29.1 Å². The molecule has 0 spiro atoms. The minimum atomic E-state index is -3.01. The molecule has 0 aromatic rings. The van der Waals surface area contributed by atoms with Crippen molar-refractivity contribution in [3.05, 3.63) is 0 Å². The summed E-state index contributed by atoms with van der Waals surface area (Å²) in [5.74, 6) is -0.415. The highest BCUT2D eigenvalue weighted by atomic mass is 32.5. The van der Waals surface area contributed by atoms with Gasteiger partial charge in [-0.2, -0.15) is 0 Å². The fourth-order valence-electron chi connectivity index (χ4n) is 1.79. The Kier molecular flexibility index (Phi) is 9.68. The SMILES string of the molecule is CCN([S+]([O-])N(C)C(=O)ON=C(SC)C(=O)N(C)C)P1(=S)OCC(C)(C)CO1. The third-order valence-corrected chi connectivity index (χ3v) is 9.65. The quantitative estimate of drug-likeness (QED) is 0.148. The molecule has 0 bridgehead atoms. The Balaban J connectivity index is 2.85. The molecular weight excluding hydrogens is 447 g/mol. The van der Waals surface area contributed by atoms with E-state index in [0.29, 0.717) is 13.2 Å². The minimum absolute atomic E-state index is 0.0155. The molecular formula is C14H27N4O6PS3. The summed E-state index contributed by atoms with van der Waals surface area (Å²) < 4.78 is 26.5. The molecule has 14 heteroatoms. The Morgan fingerprint density at radius 2 is 1.86 bits per heavy atom. The minimum Gasteiger partial charge on any atom is -0.573 e. The van der Waals surface area contributed by atoms with Gasteiger partial charge in [0.15, 0.2) is 11.5 Å². The third kappa shape index (κ3) is 6.56. The molecule has 162 valence electrons. The van der Waals surface area contributed by atoms with Crippen molar-refractivity contribution in [2.45, 2.75) is 20.8 Å². The third-order valence-electron chi connectivity index (χ3n) is 3.44. The van der Waals surface area contributed by atoms with Crippen LogP contribution >= 0.6 is 18.4 Å². The number of carbonyl (C=O) groups is 2. The molecule has 10 nitrogen and oxygen atoms in total. The highest BCUT2D eigenvalue weighted by Crippen LogP contribution is 2.58. The van der Waals surface area contributed by atoms with Crippen LogP contribution in [0, 0.1) is 5.41 Å². The highest BCUT2D eigenvalue weighted by Gasteiger charge is 2.46. The number of hydrogen-bond acceptors (Lipinski definition) is 9. The molecule has 1 fully saturated rings. The smallest absolute Gasteiger partial charge is 0.479 e.